The molecule has 184 valence electrons. The van der Waals surface area contributed by atoms with Crippen LogP contribution in [0.15, 0.2) is 54.7 Å². The largest absolute Gasteiger partial charge is 0.477 e. The summed E-state index contributed by atoms with van der Waals surface area (Å²) in [7, 11) is 0. The molecule has 1 aromatic heterocycles. The van der Waals surface area contributed by atoms with Gasteiger partial charge in [-0.1, -0.05) is 24.3 Å². The highest BCUT2D eigenvalue weighted by atomic mass is 19.4. The third kappa shape index (κ3) is 6.17. The number of carboxylic acid groups (broad SMARTS) is 1. The molecular weight excluding hydrogens is 478 g/mol. The van der Waals surface area contributed by atoms with Crippen LogP contribution in [0.4, 0.5) is 26.3 Å². The number of pyridine rings is 1. The fraction of sp³-hybridized carbons (Fsp3) is 0.208. The molecule has 1 amide bonds. The van der Waals surface area contributed by atoms with Crippen LogP contribution in [0.25, 0.3) is 11.1 Å². The minimum atomic E-state index is -4.97. The Bertz CT molecular complexity index is 1240. The average Bonchev–Trinajstić information content (AvgIpc) is 2.77. The van der Waals surface area contributed by atoms with E-state index in [1.165, 1.54) is 6.07 Å². The number of aromatic carboxylic acids is 1. The molecule has 0 unspecified atom stereocenters. The Labute approximate surface area is 195 Å². The van der Waals surface area contributed by atoms with Crippen LogP contribution in [0.3, 0.4) is 0 Å². The molecule has 2 N–H and O–H groups in total. The molecule has 3 rings (SSSR count). The van der Waals surface area contributed by atoms with Gasteiger partial charge in [0.05, 0.1) is 16.7 Å². The van der Waals surface area contributed by atoms with Gasteiger partial charge in [0.2, 0.25) is 0 Å². The molecule has 0 bridgehead atoms. The van der Waals surface area contributed by atoms with Crippen LogP contribution < -0.4 is 5.32 Å². The van der Waals surface area contributed by atoms with Gasteiger partial charge in [0.25, 0.3) is 5.91 Å². The van der Waals surface area contributed by atoms with E-state index in [9.17, 15) is 41.0 Å². The second kappa shape index (κ2) is 9.77. The first-order valence-electron chi connectivity index (χ1n) is 10.1. The van der Waals surface area contributed by atoms with Gasteiger partial charge in [-0.3, -0.25) is 4.79 Å². The van der Waals surface area contributed by atoms with Crippen molar-refractivity contribution in [2.45, 2.75) is 25.7 Å². The first-order chi connectivity index (χ1) is 16.3. The van der Waals surface area contributed by atoms with E-state index in [1.807, 2.05) is 0 Å². The molecule has 0 aliphatic rings. The average molecular weight is 496 g/mol. The molecule has 0 saturated carbocycles. The van der Waals surface area contributed by atoms with E-state index in [4.69, 9.17) is 0 Å². The Hall–Kier alpha value is -3.89. The summed E-state index contributed by atoms with van der Waals surface area (Å²) in [4.78, 5) is 27.9. The normalized spacial score (nSPS) is 11.9. The lowest BCUT2D eigenvalue weighted by Crippen LogP contribution is -2.27. The number of carboxylic acids is 1. The minimum Gasteiger partial charge on any atom is -0.477 e. The molecule has 0 aliphatic heterocycles. The monoisotopic (exact) mass is 496 g/mol. The smallest absolute Gasteiger partial charge is 0.416 e. The quantitative estimate of drug-likeness (QED) is 0.425. The van der Waals surface area contributed by atoms with E-state index in [2.05, 4.69) is 10.3 Å². The van der Waals surface area contributed by atoms with Gasteiger partial charge in [0.1, 0.15) is 5.69 Å². The number of amides is 1. The van der Waals surface area contributed by atoms with Crippen molar-refractivity contribution in [3.63, 3.8) is 0 Å². The number of alkyl halides is 6. The van der Waals surface area contributed by atoms with Gasteiger partial charge < -0.3 is 10.4 Å². The zero-order chi connectivity index (χ0) is 26.0. The fourth-order valence-electron chi connectivity index (χ4n) is 3.43. The standard InChI is InChI=1S/C24H18F6N2O3/c1-13-4-2-3-5-17(13)18-11-20(22(34)35)32-12-19(18)21(33)31-7-6-14-8-15(23(25,26)27)10-16(9-14)24(28,29)30/h2-5,8-12H,6-7H2,1H3,(H,31,33)(H,34,35). The molecule has 0 spiro atoms. The number of nitrogens with one attached hydrogen (secondary N) is 1. The Balaban J connectivity index is 1.86. The van der Waals surface area contributed by atoms with Crippen molar-refractivity contribution in [2.75, 3.05) is 6.54 Å². The highest BCUT2D eigenvalue weighted by Crippen LogP contribution is 2.36. The van der Waals surface area contributed by atoms with Crippen LogP contribution in [-0.4, -0.2) is 28.5 Å². The summed E-state index contributed by atoms with van der Waals surface area (Å²) in [5, 5.41) is 11.7. The number of rotatable bonds is 6. The number of nitrogens with zero attached hydrogens (tertiary/aromatic N) is 1. The summed E-state index contributed by atoms with van der Waals surface area (Å²) in [6.07, 6.45) is -9.19. The SMILES string of the molecule is Cc1ccccc1-c1cc(C(=O)O)ncc1C(=O)NCCc1cc(C(F)(F)F)cc(C(F)(F)F)c1. The van der Waals surface area contributed by atoms with E-state index in [0.717, 1.165) is 11.8 Å². The first-order valence-corrected chi connectivity index (χ1v) is 10.1. The molecule has 0 saturated heterocycles. The zero-order valence-corrected chi connectivity index (χ0v) is 18.1. The fourth-order valence-corrected chi connectivity index (χ4v) is 3.43. The summed E-state index contributed by atoms with van der Waals surface area (Å²) in [6, 6.07) is 9.33. The number of hydrogen-bond acceptors (Lipinski definition) is 3. The van der Waals surface area contributed by atoms with E-state index in [1.54, 1.807) is 31.2 Å². The zero-order valence-electron chi connectivity index (χ0n) is 18.1. The number of hydrogen-bond donors (Lipinski definition) is 2. The highest BCUT2D eigenvalue weighted by Gasteiger charge is 2.36. The van der Waals surface area contributed by atoms with Crippen molar-refractivity contribution in [2.24, 2.45) is 0 Å². The van der Waals surface area contributed by atoms with Crippen molar-refractivity contribution in [1.29, 1.82) is 0 Å². The van der Waals surface area contributed by atoms with E-state index >= 15 is 0 Å². The molecule has 0 fully saturated rings. The van der Waals surface area contributed by atoms with Crippen LogP contribution in [0.1, 0.15) is 43.1 Å². The lowest BCUT2D eigenvalue weighted by Gasteiger charge is -2.15. The second-order valence-electron chi connectivity index (χ2n) is 7.66. The highest BCUT2D eigenvalue weighted by molar-refractivity contribution is 6.02. The third-order valence-electron chi connectivity index (χ3n) is 5.15. The van der Waals surface area contributed by atoms with E-state index in [0.29, 0.717) is 17.7 Å². The molecule has 0 radical (unpaired) electrons. The second-order valence-corrected chi connectivity index (χ2v) is 7.66. The minimum absolute atomic E-state index is 0.00400. The number of benzene rings is 2. The summed E-state index contributed by atoms with van der Waals surface area (Å²) < 4.78 is 78.3. The Morgan fingerprint density at radius 1 is 0.914 bits per heavy atom. The number of halogens is 6. The van der Waals surface area contributed by atoms with Crippen molar-refractivity contribution >= 4 is 11.9 Å². The molecule has 3 aromatic rings. The maximum atomic E-state index is 13.0. The van der Waals surface area contributed by atoms with Crippen LogP contribution in [-0.2, 0) is 18.8 Å². The predicted octanol–water partition coefficient (Wildman–Crippen LogP) is 5.77. The topological polar surface area (TPSA) is 79.3 Å². The maximum absolute atomic E-state index is 13.0. The maximum Gasteiger partial charge on any atom is 0.416 e. The Morgan fingerprint density at radius 2 is 1.51 bits per heavy atom. The van der Waals surface area contributed by atoms with Gasteiger partial charge in [-0.2, -0.15) is 26.3 Å². The number of aryl methyl sites for hydroxylation is 1. The van der Waals surface area contributed by atoms with Gasteiger partial charge in [0, 0.05) is 12.7 Å². The van der Waals surface area contributed by atoms with Crippen LogP contribution in [0.5, 0.6) is 0 Å². The molecular formula is C24H18F6N2O3. The Morgan fingerprint density at radius 3 is 2.06 bits per heavy atom. The third-order valence-corrected chi connectivity index (χ3v) is 5.15. The van der Waals surface area contributed by atoms with Gasteiger partial charge in [-0.25, -0.2) is 9.78 Å². The molecule has 11 heteroatoms. The number of carbonyl (C=O) groups is 2. The lowest BCUT2D eigenvalue weighted by atomic mass is 9.96. The van der Waals surface area contributed by atoms with Gasteiger partial charge in [0.15, 0.2) is 0 Å². The summed E-state index contributed by atoms with van der Waals surface area (Å²) in [6.45, 7) is 1.48. The molecule has 35 heavy (non-hydrogen) atoms. The molecule has 1 heterocycles. The van der Waals surface area contributed by atoms with Crippen molar-refractivity contribution < 1.29 is 41.0 Å². The summed E-state index contributed by atoms with van der Waals surface area (Å²) in [5.74, 6) is -2.02. The molecule has 0 aliphatic carbocycles. The van der Waals surface area contributed by atoms with Gasteiger partial charge >= 0.3 is 18.3 Å². The van der Waals surface area contributed by atoms with Crippen molar-refractivity contribution in [1.82, 2.24) is 10.3 Å². The first kappa shape index (κ1) is 25.7. The van der Waals surface area contributed by atoms with E-state index < -0.39 is 35.4 Å². The molecule has 5 nitrogen and oxygen atoms in total. The summed E-state index contributed by atoms with van der Waals surface area (Å²) >= 11 is 0. The lowest BCUT2D eigenvalue weighted by molar-refractivity contribution is -0.143. The number of carbonyl (C=O) groups excluding carboxylic acids is 1. The van der Waals surface area contributed by atoms with Gasteiger partial charge in [-0.15, -0.1) is 0 Å². The van der Waals surface area contributed by atoms with Crippen LogP contribution in [0.2, 0.25) is 0 Å². The van der Waals surface area contributed by atoms with Crippen molar-refractivity contribution in [3.05, 3.63) is 88.2 Å². The summed E-state index contributed by atoms with van der Waals surface area (Å²) in [5.41, 5.74) is -1.86. The Kier molecular flexibility index (Phi) is 7.18. The number of aromatic nitrogens is 1. The van der Waals surface area contributed by atoms with E-state index in [-0.39, 0.29) is 41.4 Å². The predicted molar refractivity (Wildman–Crippen MR) is 114 cm³/mol. The molecule has 2 aromatic carbocycles. The molecule has 0 atom stereocenters. The van der Waals surface area contributed by atoms with Gasteiger partial charge in [-0.05, 0) is 59.9 Å². The van der Waals surface area contributed by atoms with Crippen molar-refractivity contribution in [3.8, 4) is 11.1 Å². The van der Waals surface area contributed by atoms with Crippen LogP contribution in [0, 0.1) is 6.92 Å². The van der Waals surface area contributed by atoms with Crippen LogP contribution >= 0.6 is 0 Å².